The lowest BCUT2D eigenvalue weighted by atomic mass is 10.0. The highest BCUT2D eigenvalue weighted by molar-refractivity contribution is 7.47. The van der Waals surface area contributed by atoms with Gasteiger partial charge >= 0.3 is 39.5 Å². The second-order valence-corrected chi connectivity index (χ2v) is 31.4. The van der Waals surface area contributed by atoms with Crippen LogP contribution in [0.5, 0.6) is 0 Å². The summed E-state index contributed by atoms with van der Waals surface area (Å²) >= 11 is 0. The number of carbonyl (C=O) groups is 4. The van der Waals surface area contributed by atoms with E-state index in [1.54, 1.807) is 0 Å². The number of aliphatic hydroxyl groups is 1. The largest absolute Gasteiger partial charge is 0.472 e. The maximum absolute atomic E-state index is 13.1. The summed E-state index contributed by atoms with van der Waals surface area (Å²) in [6.45, 7) is 4.90. The fourth-order valence-electron chi connectivity index (χ4n) is 11.9. The predicted octanol–water partition coefficient (Wildman–Crippen LogP) is 24.5. The number of hydrogen-bond acceptors (Lipinski definition) is 15. The van der Waals surface area contributed by atoms with Crippen LogP contribution in [0, 0.1) is 0 Å². The number of aliphatic hydroxyl groups excluding tert-OH is 1. The molecule has 0 radical (unpaired) electrons. The second kappa shape index (κ2) is 76.2. The molecule has 0 aromatic rings. The van der Waals surface area contributed by atoms with Crippen molar-refractivity contribution in [1.82, 2.24) is 0 Å². The van der Waals surface area contributed by atoms with Crippen molar-refractivity contribution >= 4 is 39.5 Å². The van der Waals surface area contributed by atoms with Gasteiger partial charge in [0.05, 0.1) is 26.4 Å². The molecule has 0 spiro atoms. The average molecular weight is 1490 g/mol. The van der Waals surface area contributed by atoms with Crippen LogP contribution in [0.15, 0.2) is 48.6 Å². The summed E-state index contributed by atoms with van der Waals surface area (Å²) in [6.07, 6.45) is 75.1. The van der Waals surface area contributed by atoms with Gasteiger partial charge in [0.15, 0.2) is 12.2 Å². The Morgan fingerprint density at radius 2 is 0.490 bits per heavy atom. The van der Waals surface area contributed by atoms with E-state index < -0.39 is 97.5 Å². The van der Waals surface area contributed by atoms with E-state index in [0.717, 1.165) is 89.9 Å². The SMILES string of the molecule is CCCCC/C=C\C/C=C\C/C=C\C/C=C\CCCC(=O)O[C@H](COC(=O)CCCCCCCCCCCCCCCCCCC)COP(=O)(O)OC[C@@H](O)COP(=O)(O)OC[C@@H](COC(=O)CCCCCCCCCCCCCCC)OC(=O)CCCCCCCCCCCCCCCCC. The third-order valence-corrected chi connectivity index (χ3v) is 20.2. The van der Waals surface area contributed by atoms with Crippen molar-refractivity contribution in [1.29, 1.82) is 0 Å². The number of hydrogen-bond donors (Lipinski definition) is 3. The Kier molecular flexibility index (Phi) is 74.0. The monoisotopic (exact) mass is 1490 g/mol. The molecule has 0 aliphatic rings. The molecule has 0 amide bonds. The van der Waals surface area contributed by atoms with Gasteiger partial charge in [0.1, 0.15) is 19.3 Å². The highest BCUT2D eigenvalue weighted by Gasteiger charge is 2.30. The van der Waals surface area contributed by atoms with Crippen LogP contribution in [-0.2, 0) is 65.4 Å². The Hall–Kier alpha value is -2.98. The molecular weight excluding hydrogens is 1330 g/mol. The third-order valence-electron chi connectivity index (χ3n) is 18.3. The topological polar surface area (TPSA) is 237 Å². The molecule has 19 heteroatoms. The molecule has 17 nitrogen and oxygen atoms in total. The Morgan fingerprint density at radius 1 is 0.275 bits per heavy atom. The number of rotatable bonds is 80. The molecule has 0 aliphatic carbocycles. The molecule has 0 fully saturated rings. The first kappa shape index (κ1) is 99.0. The maximum Gasteiger partial charge on any atom is 0.472 e. The molecular formula is C83H154O17P2. The standard InChI is InChI=1S/C83H154O17P2/c1-5-9-13-17-21-25-29-33-36-38-41-44-48-52-56-60-64-68-81(86)94-74-79(100-83(88)70-66-62-58-54-50-46-42-39-37-34-30-26-22-18-14-10-6-2)76-98-102(91,92)96-72-77(84)71-95-101(89,90)97-75-78(73-93-80(85)67-63-59-55-51-47-43-32-28-24-20-16-12-8-4)99-82(87)69-65-61-57-53-49-45-40-35-31-27-23-19-15-11-7-3/h22,26,34,37,42,46,54,58,77-79,84H,5-21,23-25,27-33,35-36,38-41,43-45,47-53,55-57,59-76H2,1-4H3,(H,89,90)(H,91,92)/b26-22-,37-34-,46-42-,58-54-/t77-,78+,79+/m0/s1. The smallest absolute Gasteiger partial charge is 0.462 e. The quantitative estimate of drug-likeness (QED) is 0.0169. The number of carbonyl (C=O) groups excluding carboxylic acids is 4. The van der Waals surface area contributed by atoms with E-state index >= 15 is 0 Å². The number of phosphoric acid groups is 2. The summed E-state index contributed by atoms with van der Waals surface area (Å²) in [7, 11) is -9.95. The van der Waals surface area contributed by atoms with E-state index in [4.69, 9.17) is 37.0 Å². The fraction of sp³-hybridized carbons (Fsp3) is 0.855. The number of phosphoric ester groups is 2. The van der Waals surface area contributed by atoms with E-state index in [1.807, 2.05) is 12.2 Å². The van der Waals surface area contributed by atoms with Gasteiger partial charge in [-0.15, -0.1) is 0 Å². The summed E-state index contributed by atoms with van der Waals surface area (Å²) in [6, 6.07) is 0. The molecule has 0 bridgehead atoms. The van der Waals surface area contributed by atoms with Crippen molar-refractivity contribution in [3.8, 4) is 0 Å². The van der Waals surface area contributed by atoms with Gasteiger partial charge in [0.25, 0.3) is 0 Å². The molecule has 0 aliphatic heterocycles. The Balaban J connectivity index is 5.35. The summed E-state index contributed by atoms with van der Waals surface area (Å²) in [5.74, 6) is -2.19. The minimum atomic E-state index is -4.98. The first-order valence-electron chi connectivity index (χ1n) is 41.9. The van der Waals surface area contributed by atoms with Crippen molar-refractivity contribution in [2.45, 2.75) is 418 Å². The van der Waals surface area contributed by atoms with Crippen LogP contribution in [0.3, 0.4) is 0 Å². The Bertz CT molecular complexity index is 2120. The van der Waals surface area contributed by atoms with E-state index in [0.29, 0.717) is 32.1 Å². The van der Waals surface area contributed by atoms with Gasteiger partial charge in [0, 0.05) is 25.7 Å². The molecule has 0 heterocycles. The molecule has 0 aromatic heterocycles. The highest BCUT2D eigenvalue weighted by Crippen LogP contribution is 2.45. The zero-order chi connectivity index (χ0) is 74.6. The van der Waals surface area contributed by atoms with Crippen LogP contribution in [0.2, 0.25) is 0 Å². The minimum Gasteiger partial charge on any atom is -0.462 e. The highest BCUT2D eigenvalue weighted by atomic mass is 31.2. The van der Waals surface area contributed by atoms with E-state index in [2.05, 4.69) is 64.2 Å². The van der Waals surface area contributed by atoms with Gasteiger partial charge in [-0.05, 0) is 64.2 Å². The van der Waals surface area contributed by atoms with Gasteiger partial charge in [-0.2, -0.15) is 0 Å². The molecule has 2 unspecified atom stereocenters. The Morgan fingerprint density at radius 3 is 0.775 bits per heavy atom. The number of esters is 4. The second-order valence-electron chi connectivity index (χ2n) is 28.4. The molecule has 102 heavy (non-hydrogen) atoms. The zero-order valence-corrected chi connectivity index (χ0v) is 67.3. The van der Waals surface area contributed by atoms with Crippen molar-refractivity contribution in [3.05, 3.63) is 48.6 Å². The predicted molar refractivity (Wildman–Crippen MR) is 418 cm³/mol. The lowest BCUT2D eigenvalue weighted by molar-refractivity contribution is -0.161. The number of ether oxygens (including phenoxy) is 4. The summed E-state index contributed by atoms with van der Waals surface area (Å²) in [5, 5.41) is 10.6. The van der Waals surface area contributed by atoms with Gasteiger partial charge < -0.3 is 33.8 Å². The Labute approximate surface area is 623 Å². The van der Waals surface area contributed by atoms with E-state index in [9.17, 15) is 43.2 Å². The van der Waals surface area contributed by atoms with Crippen LogP contribution in [0.25, 0.3) is 0 Å². The summed E-state index contributed by atoms with van der Waals surface area (Å²) in [4.78, 5) is 73.1. The minimum absolute atomic E-state index is 0.0258. The van der Waals surface area contributed by atoms with Crippen molar-refractivity contribution in [2.75, 3.05) is 39.6 Å². The molecule has 5 atom stereocenters. The van der Waals surface area contributed by atoms with Crippen LogP contribution in [0.1, 0.15) is 400 Å². The molecule has 3 N–H and O–H groups in total. The first-order chi connectivity index (χ1) is 49.7. The first-order valence-corrected chi connectivity index (χ1v) is 44.9. The molecule has 598 valence electrons. The fourth-order valence-corrected chi connectivity index (χ4v) is 13.5. The van der Waals surface area contributed by atoms with Gasteiger partial charge in [0.2, 0.25) is 0 Å². The van der Waals surface area contributed by atoms with Crippen molar-refractivity contribution < 1.29 is 80.2 Å². The van der Waals surface area contributed by atoms with Crippen LogP contribution >= 0.6 is 15.6 Å². The van der Waals surface area contributed by atoms with Gasteiger partial charge in [-0.3, -0.25) is 37.3 Å². The van der Waals surface area contributed by atoms with Crippen LogP contribution < -0.4 is 0 Å². The summed E-state index contributed by atoms with van der Waals surface area (Å²) in [5.41, 5.74) is 0. The molecule has 0 saturated heterocycles. The molecule has 0 rings (SSSR count). The molecule has 0 aromatic carbocycles. The van der Waals surface area contributed by atoms with Crippen LogP contribution in [0.4, 0.5) is 0 Å². The van der Waals surface area contributed by atoms with Gasteiger partial charge in [-0.1, -0.05) is 359 Å². The summed E-state index contributed by atoms with van der Waals surface area (Å²) < 4.78 is 68.7. The molecule has 0 saturated carbocycles. The van der Waals surface area contributed by atoms with Crippen molar-refractivity contribution in [3.63, 3.8) is 0 Å². The van der Waals surface area contributed by atoms with Crippen LogP contribution in [-0.4, -0.2) is 96.7 Å². The zero-order valence-electron chi connectivity index (χ0n) is 65.6. The maximum atomic E-state index is 13.1. The van der Waals surface area contributed by atoms with E-state index in [-0.39, 0.29) is 25.7 Å². The average Bonchev–Trinajstić information content (AvgIpc) is 0.917. The normalized spacial score (nSPS) is 14.1. The van der Waals surface area contributed by atoms with Crippen molar-refractivity contribution in [2.24, 2.45) is 0 Å². The lowest BCUT2D eigenvalue weighted by Crippen LogP contribution is -2.30. The van der Waals surface area contributed by atoms with Gasteiger partial charge in [-0.25, -0.2) is 9.13 Å². The lowest BCUT2D eigenvalue weighted by Gasteiger charge is -2.21. The number of unbranched alkanes of at least 4 members (excludes halogenated alkanes) is 46. The number of allylic oxidation sites excluding steroid dienone is 8. The third kappa shape index (κ3) is 75.3. The van der Waals surface area contributed by atoms with E-state index in [1.165, 1.54) is 225 Å².